The van der Waals surface area contributed by atoms with Gasteiger partial charge in [-0.15, -0.1) is 11.3 Å². The van der Waals surface area contributed by atoms with E-state index in [1.807, 2.05) is 11.3 Å². The molecule has 1 fully saturated rings. The van der Waals surface area contributed by atoms with Crippen molar-refractivity contribution in [2.75, 3.05) is 26.7 Å². The number of aryl methyl sites for hydroxylation is 1. The Kier molecular flexibility index (Phi) is 5.39. The van der Waals surface area contributed by atoms with E-state index < -0.39 is 0 Å². The van der Waals surface area contributed by atoms with Crippen molar-refractivity contribution in [3.63, 3.8) is 0 Å². The first-order chi connectivity index (χ1) is 9.72. The van der Waals surface area contributed by atoms with Crippen molar-refractivity contribution in [1.82, 2.24) is 10.2 Å². The van der Waals surface area contributed by atoms with Crippen LogP contribution in [0.3, 0.4) is 0 Å². The van der Waals surface area contributed by atoms with E-state index >= 15 is 0 Å². The highest BCUT2D eigenvalue weighted by Crippen LogP contribution is 2.36. The Labute approximate surface area is 140 Å². The van der Waals surface area contributed by atoms with E-state index in [1.54, 1.807) is 10.4 Å². The lowest BCUT2D eigenvalue weighted by molar-refractivity contribution is 0.210. The normalized spacial score (nSPS) is 24.8. The molecule has 1 unspecified atom stereocenters. The van der Waals surface area contributed by atoms with Crippen LogP contribution < -0.4 is 5.32 Å². The van der Waals surface area contributed by atoms with E-state index in [-0.39, 0.29) is 0 Å². The topological polar surface area (TPSA) is 15.3 Å². The van der Waals surface area contributed by atoms with Gasteiger partial charge in [-0.25, -0.2) is 0 Å². The summed E-state index contributed by atoms with van der Waals surface area (Å²) in [6.07, 6.45) is 8.13. The first-order valence-corrected chi connectivity index (χ1v) is 9.82. The Morgan fingerprint density at radius 3 is 2.95 bits per heavy atom. The number of likely N-dealkylation sites (tertiary alicyclic amines) is 1. The molecule has 4 heteroatoms. The number of thiophene rings is 1. The average molecular weight is 404 g/mol. The molecular weight excluding hydrogens is 379 g/mol. The third-order valence-electron chi connectivity index (χ3n) is 4.87. The lowest BCUT2D eigenvalue weighted by Gasteiger charge is -2.30. The average Bonchev–Trinajstić information content (AvgIpc) is 2.82. The molecule has 0 bridgehead atoms. The van der Waals surface area contributed by atoms with E-state index in [0.29, 0.717) is 6.04 Å². The van der Waals surface area contributed by atoms with Gasteiger partial charge in [-0.3, -0.25) is 0 Å². The Morgan fingerprint density at radius 1 is 1.35 bits per heavy atom. The van der Waals surface area contributed by atoms with Gasteiger partial charge in [-0.05, 0) is 105 Å². The van der Waals surface area contributed by atoms with Crippen LogP contribution in [-0.2, 0) is 6.42 Å². The van der Waals surface area contributed by atoms with Crippen LogP contribution in [0.2, 0.25) is 0 Å². The minimum Gasteiger partial charge on any atom is -0.310 e. The maximum Gasteiger partial charge on any atom is 0.0659 e. The zero-order valence-electron chi connectivity index (χ0n) is 12.3. The molecule has 20 heavy (non-hydrogen) atoms. The van der Waals surface area contributed by atoms with E-state index in [4.69, 9.17) is 0 Å². The van der Waals surface area contributed by atoms with Gasteiger partial charge in [0.15, 0.2) is 0 Å². The van der Waals surface area contributed by atoms with Crippen LogP contribution in [0.1, 0.15) is 48.6 Å². The van der Waals surface area contributed by atoms with Crippen LogP contribution in [-0.4, -0.2) is 31.6 Å². The summed E-state index contributed by atoms with van der Waals surface area (Å²) in [5.74, 6) is 0.948. The van der Waals surface area contributed by atoms with E-state index in [0.717, 1.165) is 5.92 Å². The molecule has 0 aromatic carbocycles. The number of piperidine rings is 1. The minimum absolute atomic E-state index is 0.629. The van der Waals surface area contributed by atoms with Gasteiger partial charge in [0.1, 0.15) is 0 Å². The van der Waals surface area contributed by atoms with Gasteiger partial charge in [0, 0.05) is 10.9 Å². The van der Waals surface area contributed by atoms with Crippen LogP contribution in [0.15, 0.2) is 6.07 Å². The highest BCUT2D eigenvalue weighted by molar-refractivity contribution is 14.1. The van der Waals surface area contributed by atoms with Gasteiger partial charge < -0.3 is 10.2 Å². The van der Waals surface area contributed by atoms with Gasteiger partial charge in [0.25, 0.3) is 0 Å². The predicted octanol–water partition coefficient (Wildman–Crippen LogP) is 4.05. The monoisotopic (exact) mass is 404 g/mol. The molecule has 2 nitrogen and oxygen atoms in total. The summed E-state index contributed by atoms with van der Waals surface area (Å²) in [6.45, 7) is 3.78. The first kappa shape index (κ1) is 15.3. The Bertz CT molecular complexity index is 438. The lowest BCUT2D eigenvalue weighted by atomic mass is 9.92. The van der Waals surface area contributed by atoms with Crippen molar-refractivity contribution in [1.29, 1.82) is 0 Å². The number of nitrogens with zero attached hydrogens (tertiary/aromatic N) is 1. The molecule has 0 saturated carbocycles. The van der Waals surface area contributed by atoms with Gasteiger partial charge in [0.05, 0.1) is 2.88 Å². The standard InChI is InChI=1S/C16H25IN2S/c1-19-9-6-12(7-10-19)5-8-18-14-3-2-4-15-13(14)11-16(17)20-15/h11-12,14,18H,2-10H2,1H3. The third kappa shape index (κ3) is 3.76. The maximum atomic E-state index is 3.84. The molecular formula is C16H25IN2S. The Morgan fingerprint density at radius 2 is 2.15 bits per heavy atom. The fourth-order valence-electron chi connectivity index (χ4n) is 3.55. The largest absolute Gasteiger partial charge is 0.310 e. The number of hydrogen-bond donors (Lipinski definition) is 1. The third-order valence-corrected chi connectivity index (χ3v) is 6.84. The van der Waals surface area contributed by atoms with Crippen LogP contribution in [0.4, 0.5) is 0 Å². The number of hydrogen-bond acceptors (Lipinski definition) is 3. The molecule has 1 aromatic rings. The molecule has 1 atom stereocenters. The second-order valence-corrected chi connectivity index (χ2v) is 9.39. The van der Waals surface area contributed by atoms with Crippen LogP contribution in [0, 0.1) is 8.80 Å². The van der Waals surface area contributed by atoms with Gasteiger partial charge in [-0.1, -0.05) is 0 Å². The smallest absolute Gasteiger partial charge is 0.0659 e. The summed E-state index contributed by atoms with van der Waals surface area (Å²) >= 11 is 4.47. The summed E-state index contributed by atoms with van der Waals surface area (Å²) in [5, 5.41) is 3.84. The number of fused-ring (bicyclic) bond motifs is 1. The summed E-state index contributed by atoms with van der Waals surface area (Å²) in [4.78, 5) is 4.10. The second-order valence-electron chi connectivity index (χ2n) is 6.36. The lowest BCUT2D eigenvalue weighted by Crippen LogP contribution is -2.32. The van der Waals surface area contributed by atoms with E-state index in [9.17, 15) is 0 Å². The van der Waals surface area contributed by atoms with Crippen molar-refractivity contribution in [2.45, 2.75) is 44.6 Å². The van der Waals surface area contributed by atoms with Crippen LogP contribution >= 0.6 is 33.9 Å². The van der Waals surface area contributed by atoms with E-state index in [2.05, 4.69) is 45.9 Å². The summed E-state index contributed by atoms with van der Waals surface area (Å²) < 4.78 is 1.46. The molecule has 1 aliphatic carbocycles. The summed E-state index contributed by atoms with van der Waals surface area (Å²) in [7, 11) is 2.25. The second kappa shape index (κ2) is 7.07. The Hall–Kier alpha value is 0.350. The quantitative estimate of drug-likeness (QED) is 0.762. The highest BCUT2D eigenvalue weighted by atomic mass is 127. The summed E-state index contributed by atoms with van der Waals surface area (Å²) in [5.41, 5.74) is 1.61. The molecule has 1 N–H and O–H groups in total. The molecule has 1 aliphatic heterocycles. The predicted molar refractivity (Wildman–Crippen MR) is 95.6 cm³/mol. The molecule has 0 radical (unpaired) electrons. The Balaban J connectivity index is 1.47. The number of nitrogens with one attached hydrogen (secondary N) is 1. The van der Waals surface area contributed by atoms with Crippen molar-refractivity contribution < 1.29 is 0 Å². The highest BCUT2D eigenvalue weighted by Gasteiger charge is 2.23. The SMILES string of the molecule is CN1CCC(CCNC2CCCc3sc(I)cc32)CC1. The van der Waals surface area contributed by atoms with Gasteiger partial charge in [-0.2, -0.15) is 0 Å². The molecule has 2 heterocycles. The molecule has 1 saturated heterocycles. The van der Waals surface area contributed by atoms with Crippen molar-refractivity contribution in [3.8, 4) is 0 Å². The fourth-order valence-corrected chi connectivity index (χ4v) is 5.67. The molecule has 3 rings (SSSR count). The maximum absolute atomic E-state index is 3.84. The fraction of sp³-hybridized carbons (Fsp3) is 0.750. The van der Waals surface area contributed by atoms with Crippen molar-refractivity contribution >= 4 is 33.9 Å². The first-order valence-electron chi connectivity index (χ1n) is 7.92. The summed E-state index contributed by atoms with van der Waals surface area (Å²) in [6, 6.07) is 3.04. The molecule has 0 amide bonds. The number of rotatable bonds is 4. The molecule has 2 aliphatic rings. The van der Waals surface area contributed by atoms with Crippen molar-refractivity contribution in [3.05, 3.63) is 19.4 Å². The van der Waals surface area contributed by atoms with E-state index in [1.165, 1.54) is 61.0 Å². The van der Waals surface area contributed by atoms with Gasteiger partial charge >= 0.3 is 0 Å². The zero-order valence-corrected chi connectivity index (χ0v) is 15.3. The van der Waals surface area contributed by atoms with Crippen LogP contribution in [0.25, 0.3) is 0 Å². The minimum atomic E-state index is 0.629. The molecule has 112 valence electrons. The number of halogens is 1. The molecule has 1 aromatic heterocycles. The zero-order chi connectivity index (χ0) is 13.9. The van der Waals surface area contributed by atoms with Gasteiger partial charge in [0.2, 0.25) is 0 Å². The molecule has 0 spiro atoms. The van der Waals surface area contributed by atoms with Crippen LogP contribution in [0.5, 0.6) is 0 Å². The van der Waals surface area contributed by atoms with Crippen molar-refractivity contribution in [2.24, 2.45) is 5.92 Å².